The van der Waals surface area contributed by atoms with Crippen LogP contribution in [-0.2, 0) is 23.8 Å². The number of anilines is 1. The molecule has 0 aliphatic heterocycles. The summed E-state index contributed by atoms with van der Waals surface area (Å²) in [5.41, 5.74) is -0.113. The highest BCUT2D eigenvalue weighted by atomic mass is 16.6. The second-order valence-electron chi connectivity index (χ2n) is 7.01. The molecule has 1 aromatic rings. The van der Waals surface area contributed by atoms with Crippen LogP contribution in [0.4, 0.5) is 10.5 Å². The highest BCUT2D eigenvalue weighted by Crippen LogP contribution is 2.16. The molecule has 0 radical (unpaired) electrons. The fraction of sp³-hybridized carbons (Fsp3) is 0.500. The van der Waals surface area contributed by atoms with Gasteiger partial charge < -0.3 is 24.8 Å². The number of hydrogen-bond acceptors (Lipinski definition) is 7. The molecule has 9 nitrogen and oxygen atoms in total. The van der Waals surface area contributed by atoms with Crippen LogP contribution < -0.4 is 10.6 Å². The molecule has 0 aliphatic carbocycles. The average Bonchev–Trinajstić information content (AvgIpc) is 2.63. The summed E-state index contributed by atoms with van der Waals surface area (Å²) in [6, 6.07) is 6.38. The summed E-state index contributed by atoms with van der Waals surface area (Å²) in [6.45, 7) is 6.89. The van der Waals surface area contributed by atoms with Gasteiger partial charge in [-0.05, 0) is 46.2 Å². The number of esters is 2. The van der Waals surface area contributed by atoms with E-state index in [4.69, 9.17) is 14.2 Å². The molecule has 160 valence electrons. The molecule has 0 bridgehead atoms. The van der Waals surface area contributed by atoms with Crippen LogP contribution in [0.1, 0.15) is 50.9 Å². The number of ether oxygens (including phenoxy) is 3. The van der Waals surface area contributed by atoms with E-state index >= 15 is 0 Å². The van der Waals surface area contributed by atoms with Gasteiger partial charge in [0.2, 0.25) is 0 Å². The molecule has 0 spiro atoms. The van der Waals surface area contributed by atoms with E-state index in [-0.39, 0.29) is 30.8 Å². The van der Waals surface area contributed by atoms with Gasteiger partial charge >= 0.3 is 18.0 Å². The Hall–Kier alpha value is -3.10. The Labute approximate surface area is 170 Å². The summed E-state index contributed by atoms with van der Waals surface area (Å²) in [6.07, 6.45) is -0.195. The van der Waals surface area contributed by atoms with Gasteiger partial charge in [0.25, 0.3) is 5.91 Å². The van der Waals surface area contributed by atoms with E-state index in [0.29, 0.717) is 6.42 Å². The van der Waals surface area contributed by atoms with Crippen molar-refractivity contribution < 1.29 is 33.4 Å². The normalized spacial score (nSPS) is 10.6. The van der Waals surface area contributed by atoms with Crippen LogP contribution in [0.15, 0.2) is 24.3 Å². The molecule has 1 rings (SSSR count). The predicted molar refractivity (Wildman–Crippen MR) is 105 cm³/mol. The maximum Gasteiger partial charge on any atom is 0.407 e. The number of nitrogens with one attached hydrogen (secondary N) is 2. The number of hydrogen-bond donors (Lipinski definition) is 2. The van der Waals surface area contributed by atoms with Crippen molar-refractivity contribution in [3.8, 4) is 0 Å². The van der Waals surface area contributed by atoms with E-state index in [2.05, 4.69) is 10.6 Å². The highest BCUT2D eigenvalue weighted by molar-refractivity contribution is 6.01. The Morgan fingerprint density at radius 3 is 2.38 bits per heavy atom. The number of alkyl carbamates (subject to hydrolysis) is 1. The summed E-state index contributed by atoms with van der Waals surface area (Å²) >= 11 is 0. The van der Waals surface area contributed by atoms with Gasteiger partial charge in [-0.25, -0.2) is 9.59 Å². The van der Waals surface area contributed by atoms with Crippen LogP contribution >= 0.6 is 0 Å². The van der Waals surface area contributed by atoms with Crippen molar-refractivity contribution in [3.05, 3.63) is 29.8 Å². The van der Waals surface area contributed by atoms with Crippen molar-refractivity contribution in [2.24, 2.45) is 0 Å². The molecule has 0 saturated carbocycles. The molecule has 0 heterocycles. The van der Waals surface area contributed by atoms with Crippen molar-refractivity contribution >= 4 is 29.6 Å². The van der Waals surface area contributed by atoms with E-state index in [1.165, 1.54) is 6.07 Å². The van der Waals surface area contributed by atoms with Gasteiger partial charge in [0.15, 0.2) is 6.61 Å². The summed E-state index contributed by atoms with van der Waals surface area (Å²) in [5.74, 6) is -1.72. The maximum atomic E-state index is 12.0. The summed E-state index contributed by atoms with van der Waals surface area (Å²) in [5, 5.41) is 5.05. The first kappa shape index (κ1) is 23.9. The zero-order chi connectivity index (χ0) is 21.9. The topological polar surface area (TPSA) is 120 Å². The summed E-state index contributed by atoms with van der Waals surface area (Å²) < 4.78 is 14.9. The minimum absolute atomic E-state index is 0.0302. The molecule has 1 aromatic carbocycles. The monoisotopic (exact) mass is 408 g/mol. The van der Waals surface area contributed by atoms with Crippen LogP contribution in [0.5, 0.6) is 0 Å². The Balaban J connectivity index is 2.34. The van der Waals surface area contributed by atoms with Crippen molar-refractivity contribution in [1.29, 1.82) is 0 Å². The molecular weight excluding hydrogens is 380 g/mol. The van der Waals surface area contributed by atoms with Crippen LogP contribution in [-0.4, -0.2) is 49.3 Å². The lowest BCUT2D eigenvalue weighted by atomic mass is 10.2. The predicted octanol–water partition coefficient (Wildman–Crippen LogP) is 2.65. The number of para-hydroxylation sites is 1. The van der Waals surface area contributed by atoms with Gasteiger partial charge in [0, 0.05) is 13.0 Å². The Bertz CT molecular complexity index is 726. The molecule has 0 unspecified atom stereocenters. The van der Waals surface area contributed by atoms with Gasteiger partial charge in [-0.1, -0.05) is 12.1 Å². The molecule has 2 N–H and O–H groups in total. The fourth-order valence-corrected chi connectivity index (χ4v) is 2.12. The highest BCUT2D eigenvalue weighted by Gasteiger charge is 2.16. The van der Waals surface area contributed by atoms with Gasteiger partial charge in [-0.2, -0.15) is 0 Å². The number of amides is 2. The molecule has 9 heteroatoms. The van der Waals surface area contributed by atoms with Crippen molar-refractivity contribution in [2.75, 3.05) is 25.1 Å². The van der Waals surface area contributed by atoms with E-state index in [1.807, 2.05) is 0 Å². The second-order valence-corrected chi connectivity index (χ2v) is 7.01. The minimum atomic E-state index is -0.595. The lowest BCUT2D eigenvalue weighted by Gasteiger charge is -2.19. The van der Waals surface area contributed by atoms with Gasteiger partial charge in [0.05, 0.1) is 17.9 Å². The standard InChI is InChI=1S/C20H28N2O7/c1-5-27-18(25)14-9-6-7-10-15(14)22-16(23)13-28-17(24)11-8-12-21-19(26)29-20(2,3)4/h6-7,9-10H,5,8,11-13H2,1-4H3,(H,21,26)(H,22,23). The van der Waals surface area contributed by atoms with Crippen LogP contribution in [0, 0.1) is 0 Å². The number of rotatable bonds is 9. The van der Waals surface area contributed by atoms with Crippen molar-refractivity contribution in [3.63, 3.8) is 0 Å². The first-order chi connectivity index (χ1) is 13.6. The molecule has 0 fully saturated rings. The third-order valence-electron chi connectivity index (χ3n) is 3.29. The summed E-state index contributed by atoms with van der Waals surface area (Å²) in [4.78, 5) is 47.1. The largest absolute Gasteiger partial charge is 0.462 e. The number of benzene rings is 1. The van der Waals surface area contributed by atoms with E-state index in [1.54, 1.807) is 45.9 Å². The molecule has 0 saturated heterocycles. The van der Waals surface area contributed by atoms with Crippen LogP contribution in [0.25, 0.3) is 0 Å². The van der Waals surface area contributed by atoms with Gasteiger partial charge in [0.1, 0.15) is 5.60 Å². The lowest BCUT2D eigenvalue weighted by Crippen LogP contribution is -2.33. The molecule has 0 atom stereocenters. The zero-order valence-corrected chi connectivity index (χ0v) is 17.2. The van der Waals surface area contributed by atoms with E-state index < -0.39 is 36.1 Å². The summed E-state index contributed by atoms with van der Waals surface area (Å²) in [7, 11) is 0. The maximum absolute atomic E-state index is 12.0. The molecular formula is C20H28N2O7. The number of carbonyl (C=O) groups is 4. The molecule has 29 heavy (non-hydrogen) atoms. The second kappa shape index (κ2) is 11.7. The third kappa shape index (κ3) is 10.1. The first-order valence-corrected chi connectivity index (χ1v) is 9.31. The lowest BCUT2D eigenvalue weighted by molar-refractivity contribution is -0.147. The van der Waals surface area contributed by atoms with Gasteiger partial charge in [-0.15, -0.1) is 0 Å². The van der Waals surface area contributed by atoms with Gasteiger partial charge in [-0.3, -0.25) is 9.59 Å². The Morgan fingerprint density at radius 2 is 1.72 bits per heavy atom. The molecule has 2 amide bonds. The SMILES string of the molecule is CCOC(=O)c1ccccc1NC(=O)COC(=O)CCCNC(=O)OC(C)(C)C. The average molecular weight is 408 g/mol. The third-order valence-corrected chi connectivity index (χ3v) is 3.29. The first-order valence-electron chi connectivity index (χ1n) is 9.31. The fourth-order valence-electron chi connectivity index (χ4n) is 2.12. The Morgan fingerprint density at radius 1 is 1.03 bits per heavy atom. The smallest absolute Gasteiger partial charge is 0.407 e. The molecule has 0 aliphatic rings. The van der Waals surface area contributed by atoms with Crippen LogP contribution in [0.3, 0.4) is 0 Å². The number of carbonyl (C=O) groups excluding carboxylic acids is 4. The Kier molecular flexibility index (Phi) is 9.64. The zero-order valence-electron chi connectivity index (χ0n) is 17.2. The quantitative estimate of drug-likeness (QED) is 0.366. The van der Waals surface area contributed by atoms with Crippen molar-refractivity contribution in [2.45, 2.75) is 46.1 Å². The van der Waals surface area contributed by atoms with Crippen LogP contribution in [0.2, 0.25) is 0 Å². The minimum Gasteiger partial charge on any atom is -0.462 e. The van der Waals surface area contributed by atoms with E-state index in [0.717, 1.165) is 0 Å². The van der Waals surface area contributed by atoms with Crippen molar-refractivity contribution in [1.82, 2.24) is 5.32 Å². The van der Waals surface area contributed by atoms with E-state index in [9.17, 15) is 19.2 Å². The molecule has 0 aromatic heterocycles.